The molecule has 0 radical (unpaired) electrons. The van der Waals surface area contributed by atoms with Crippen LogP contribution in [0.15, 0.2) is 69.6 Å². The zero-order valence-corrected chi connectivity index (χ0v) is 21.1. The number of nitrogens with zero attached hydrogens (tertiary/aromatic N) is 1. The minimum absolute atomic E-state index is 0.113. The van der Waals surface area contributed by atoms with Gasteiger partial charge in [0.15, 0.2) is 0 Å². The molecule has 170 valence electrons. The molecule has 0 saturated carbocycles. The van der Waals surface area contributed by atoms with Crippen LogP contribution in [0.3, 0.4) is 0 Å². The monoisotopic (exact) mass is 595 g/mol. The summed E-state index contributed by atoms with van der Waals surface area (Å²) in [5.41, 5.74) is 2.23. The number of ether oxygens (including phenoxy) is 1. The van der Waals surface area contributed by atoms with Crippen molar-refractivity contribution in [3.05, 3.63) is 97.9 Å². The van der Waals surface area contributed by atoms with Crippen molar-refractivity contribution in [3.63, 3.8) is 0 Å². The van der Waals surface area contributed by atoms with Gasteiger partial charge in [-0.25, -0.2) is 8.78 Å². The summed E-state index contributed by atoms with van der Waals surface area (Å²) in [4.78, 5) is 26.5. The first-order valence-electron chi connectivity index (χ1n) is 9.92. The van der Waals surface area contributed by atoms with E-state index in [0.29, 0.717) is 32.2 Å². The predicted molar refractivity (Wildman–Crippen MR) is 130 cm³/mol. The van der Waals surface area contributed by atoms with Gasteiger partial charge in [0, 0.05) is 0 Å². The van der Waals surface area contributed by atoms with Gasteiger partial charge in [0.05, 0.1) is 20.7 Å². The standard InChI is InChI=1S/C24H17Br2F2NO3S/c25-19-9-16(10-20(26)22(19)32-13-15-2-1-3-18(28)8-15)11-21-23(30)29(24(31)33-21)12-14-4-6-17(27)7-5-14/h1-10,21H,11-13H2/t21-/m0/s1. The molecule has 2 amide bonds. The maximum absolute atomic E-state index is 13.4. The largest absolute Gasteiger partial charge is 0.487 e. The molecule has 0 N–H and O–H groups in total. The fourth-order valence-corrected chi connectivity index (χ4v) is 5.95. The van der Waals surface area contributed by atoms with E-state index in [-0.39, 0.29) is 35.9 Å². The summed E-state index contributed by atoms with van der Waals surface area (Å²) in [5, 5.41) is -0.863. The highest BCUT2D eigenvalue weighted by Crippen LogP contribution is 2.37. The van der Waals surface area contributed by atoms with Gasteiger partial charge in [-0.2, -0.15) is 0 Å². The Hall–Kier alpha value is -2.23. The molecule has 3 aromatic rings. The van der Waals surface area contributed by atoms with E-state index in [1.54, 1.807) is 24.3 Å². The molecule has 0 aromatic heterocycles. The maximum atomic E-state index is 13.4. The number of amides is 2. The first-order valence-corrected chi connectivity index (χ1v) is 12.4. The Morgan fingerprint density at radius 3 is 2.24 bits per heavy atom. The highest BCUT2D eigenvalue weighted by molar-refractivity contribution is 9.11. The summed E-state index contributed by atoms with van der Waals surface area (Å²) in [7, 11) is 0. The zero-order chi connectivity index (χ0) is 23.5. The Morgan fingerprint density at radius 1 is 0.879 bits per heavy atom. The summed E-state index contributed by atoms with van der Waals surface area (Å²) in [6.45, 7) is 0.305. The molecule has 0 unspecified atom stereocenters. The Labute approximate surface area is 210 Å². The van der Waals surface area contributed by atoms with E-state index in [0.717, 1.165) is 17.3 Å². The molecule has 1 saturated heterocycles. The molecular weight excluding hydrogens is 580 g/mol. The molecule has 3 aromatic carbocycles. The van der Waals surface area contributed by atoms with Crippen LogP contribution in [0.5, 0.6) is 5.75 Å². The molecule has 1 aliphatic rings. The van der Waals surface area contributed by atoms with E-state index in [2.05, 4.69) is 31.9 Å². The summed E-state index contributed by atoms with van der Waals surface area (Å²) < 4.78 is 33.7. The first-order chi connectivity index (χ1) is 15.8. The number of hydrogen-bond acceptors (Lipinski definition) is 4. The van der Waals surface area contributed by atoms with Crippen molar-refractivity contribution in [3.8, 4) is 5.75 Å². The lowest BCUT2D eigenvalue weighted by atomic mass is 10.1. The van der Waals surface area contributed by atoms with Gasteiger partial charge in [-0.05, 0) is 91.4 Å². The molecule has 4 nitrogen and oxygen atoms in total. The van der Waals surface area contributed by atoms with Crippen LogP contribution in [0.1, 0.15) is 16.7 Å². The van der Waals surface area contributed by atoms with Crippen molar-refractivity contribution in [2.45, 2.75) is 24.8 Å². The molecule has 1 aliphatic heterocycles. The molecule has 0 spiro atoms. The quantitative estimate of drug-likeness (QED) is 0.298. The van der Waals surface area contributed by atoms with Crippen molar-refractivity contribution in [1.82, 2.24) is 4.90 Å². The molecular formula is C24H17Br2F2NO3S. The fraction of sp³-hybridized carbons (Fsp3) is 0.167. The number of rotatable bonds is 7. The minimum Gasteiger partial charge on any atom is -0.487 e. The van der Waals surface area contributed by atoms with Crippen LogP contribution >= 0.6 is 43.6 Å². The lowest BCUT2D eigenvalue weighted by Gasteiger charge is -2.15. The Balaban J connectivity index is 1.42. The molecule has 4 rings (SSSR count). The van der Waals surface area contributed by atoms with Crippen LogP contribution in [-0.4, -0.2) is 21.3 Å². The lowest BCUT2D eigenvalue weighted by molar-refractivity contribution is -0.127. The first kappa shape index (κ1) is 23.9. The van der Waals surface area contributed by atoms with Gasteiger partial charge in [-0.15, -0.1) is 0 Å². The third-order valence-corrected chi connectivity index (χ3v) is 7.26. The van der Waals surface area contributed by atoms with Crippen molar-refractivity contribution >= 4 is 54.8 Å². The second kappa shape index (κ2) is 10.4. The van der Waals surface area contributed by atoms with Crippen LogP contribution in [0.2, 0.25) is 0 Å². The number of benzene rings is 3. The van der Waals surface area contributed by atoms with Gasteiger partial charge in [0.1, 0.15) is 24.0 Å². The summed E-state index contributed by atoms with van der Waals surface area (Å²) >= 11 is 7.98. The summed E-state index contributed by atoms with van der Waals surface area (Å²) in [6, 6.07) is 15.6. The highest BCUT2D eigenvalue weighted by Gasteiger charge is 2.39. The van der Waals surface area contributed by atoms with E-state index in [4.69, 9.17) is 4.74 Å². The molecule has 0 bridgehead atoms. The van der Waals surface area contributed by atoms with Crippen LogP contribution in [-0.2, 0) is 24.4 Å². The van der Waals surface area contributed by atoms with Crippen molar-refractivity contribution in [2.75, 3.05) is 0 Å². The van der Waals surface area contributed by atoms with E-state index in [1.807, 2.05) is 12.1 Å². The van der Waals surface area contributed by atoms with E-state index >= 15 is 0 Å². The van der Waals surface area contributed by atoms with Crippen LogP contribution in [0, 0.1) is 11.6 Å². The minimum atomic E-state index is -0.546. The van der Waals surface area contributed by atoms with Gasteiger partial charge in [0.2, 0.25) is 5.91 Å². The molecule has 1 atom stereocenters. The fourth-order valence-electron chi connectivity index (χ4n) is 3.41. The Bertz CT molecular complexity index is 1180. The van der Waals surface area contributed by atoms with Crippen molar-refractivity contribution in [2.24, 2.45) is 0 Å². The third kappa shape index (κ3) is 5.83. The predicted octanol–water partition coefficient (Wildman–Crippen LogP) is 6.88. The zero-order valence-electron chi connectivity index (χ0n) is 17.1. The van der Waals surface area contributed by atoms with Gasteiger partial charge < -0.3 is 4.74 Å². The Morgan fingerprint density at radius 2 is 1.58 bits per heavy atom. The molecule has 33 heavy (non-hydrogen) atoms. The molecule has 1 heterocycles. The van der Waals surface area contributed by atoms with E-state index in [1.165, 1.54) is 29.2 Å². The van der Waals surface area contributed by atoms with Crippen LogP contribution in [0.4, 0.5) is 13.6 Å². The van der Waals surface area contributed by atoms with E-state index < -0.39 is 5.25 Å². The normalized spacial score (nSPS) is 15.9. The number of carbonyl (C=O) groups is 2. The summed E-state index contributed by atoms with van der Waals surface area (Å²) in [6.07, 6.45) is 0.358. The van der Waals surface area contributed by atoms with Crippen LogP contribution in [0.25, 0.3) is 0 Å². The van der Waals surface area contributed by atoms with Crippen LogP contribution < -0.4 is 4.74 Å². The number of halogens is 4. The second-order valence-electron chi connectivity index (χ2n) is 7.43. The smallest absolute Gasteiger partial charge is 0.289 e. The Kier molecular flexibility index (Phi) is 7.51. The number of carbonyl (C=O) groups excluding carboxylic acids is 2. The average Bonchev–Trinajstić information content (AvgIpc) is 3.02. The lowest BCUT2D eigenvalue weighted by Crippen LogP contribution is -2.31. The molecule has 0 aliphatic carbocycles. The maximum Gasteiger partial charge on any atom is 0.289 e. The SMILES string of the molecule is O=C1S[C@@H](Cc2cc(Br)c(OCc3cccc(F)c3)c(Br)c2)C(=O)N1Cc1ccc(F)cc1. The van der Waals surface area contributed by atoms with Crippen molar-refractivity contribution in [1.29, 1.82) is 0 Å². The second-order valence-corrected chi connectivity index (χ2v) is 10.3. The van der Waals surface area contributed by atoms with E-state index in [9.17, 15) is 18.4 Å². The highest BCUT2D eigenvalue weighted by atomic mass is 79.9. The number of thioether (sulfide) groups is 1. The average molecular weight is 597 g/mol. The topological polar surface area (TPSA) is 46.6 Å². The number of imide groups is 1. The third-order valence-electron chi connectivity index (χ3n) is 5.01. The molecule has 9 heteroatoms. The van der Waals surface area contributed by atoms with Gasteiger partial charge in [-0.3, -0.25) is 14.5 Å². The number of hydrogen-bond donors (Lipinski definition) is 0. The van der Waals surface area contributed by atoms with Gasteiger partial charge in [-0.1, -0.05) is 36.0 Å². The van der Waals surface area contributed by atoms with Crippen molar-refractivity contribution < 1.29 is 23.1 Å². The summed E-state index contributed by atoms with van der Waals surface area (Å²) in [5.74, 6) is -0.411. The van der Waals surface area contributed by atoms with Gasteiger partial charge in [0.25, 0.3) is 5.24 Å². The van der Waals surface area contributed by atoms with Gasteiger partial charge >= 0.3 is 0 Å². The molecule has 1 fully saturated rings.